The molecule has 0 fully saturated rings. The van der Waals surface area contributed by atoms with Crippen LogP contribution < -0.4 is 14.8 Å². The quantitative estimate of drug-likeness (QED) is 0.109. The Hall–Kier alpha value is -5.89. The van der Waals surface area contributed by atoms with E-state index in [1.807, 2.05) is 84.9 Å². The number of amides is 1. The summed E-state index contributed by atoms with van der Waals surface area (Å²) in [5.41, 5.74) is 7.14. The number of ether oxygens (including phenoxy) is 2. The molecular formula is C38H33N3O5. The number of aromatic nitrogens is 2. The summed E-state index contributed by atoms with van der Waals surface area (Å²) in [7, 11) is 0. The van der Waals surface area contributed by atoms with Crippen molar-refractivity contribution in [3.63, 3.8) is 0 Å². The average Bonchev–Trinajstić information content (AvgIpc) is 3.55. The van der Waals surface area contributed by atoms with Crippen molar-refractivity contribution in [3.8, 4) is 45.4 Å². The number of benzene rings is 4. The van der Waals surface area contributed by atoms with Gasteiger partial charge in [-0.3, -0.25) is 4.79 Å². The Morgan fingerprint density at radius 1 is 0.783 bits per heavy atom. The Morgan fingerprint density at radius 2 is 1.43 bits per heavy atom. The summed E-state index contributed by atoms with van der Waals surface area (Å²) in [5.74, 6) is 0.926. The third-order valence-electron chi connectivity index (χ3n) is 7.53. The minimum Gasteiger partial charge on any atom is -0.486 e. The predicted molar refractivity (Wildman–Crippen MR) is 179 cm³/mol. The van der Waals surface area contributed by atoms with Gasteiger partial charge in [0.2, 0.25) is 5.91 Å². The lowest BCUT2D eigenvalue weighted by Gasteiger charge is -2.18. The molecule has 1 amide bonds. The van der Waals surface area contributed by atoms with Crippen molar-refractivity contribution in [3.05, 3.63) is 126 Å². The maximum atomic E-state index is 12.4. The number of carbonyl (C=O) groups is 2. The molecule has 0 atom stereocenters. The van der Waals surface area contributed by atoms with Crippen LogP contribution in [0.3, 0.4) is 0 Å². The van der Waals surface area contributed by atoms with Gasteiger partial charge in [-0.1, -0.05) is 78.9 Å². The third-order valence-corrected chi connectivity index (χ3v) is 7.53. The van der Waals surface area contributed by atoms with Gasteiger partial charge in [0, 0.05) is 35.4 Å². The lowest BCUT2D eigenvalue weighted by atomic mass is 10.0. The van der Waals surface area contributed by atoms with Gasteiger partial charge in [-0.05, 0) is 59.9 Å². The molecule has 8 heteroatoms. The number of aryl methyl sites for hydroxylation is 1. The number of hydrogen-bond acceptors (Lipinski definition) is 5. The predicted octanol–water partition coefficient (Wildman–Crippen LogP) is 7.04. The van der Waals surface area contributed by atoms with Gasteiger partial charge in [-0.15, -0.1) is 0 Å². The van der Waals surface area contributed by atoms with Crippen LogP contribution in [0.4, 0.5) is 0 Å². The fourth-order valence-electron chi connectivity index (χ4n) is 5.18. The summed E-state index contributed by atoms with van der Waals surface area (Å²) < 4.78 is 11.5. The molecule has 230 valence electrons. The normalized spacial score (nSPS) is 12.4. The van der Waals surface area contributed by atoms with E-state index in [0.717, 1.165) is 58.1 Å². The van der Waals surface area contributed by atoms with Gasteiger partial charge in [0.25, 0.3) is 0 Å². The molecule has 6 rings (SSSR count). The maximum absolute atomic E-state index is 12.4. The summed E-state index contributed by atoms with van der Waals surface area (Å²) in [6.45, 7) is 1.62. The Labute approximate surface area is 267 Å². The second kappa shape index (κ2) is 14.3. The molecule has 5 aromatic rings. The van der Waals surface area contributed by atoms with Crippen molar-refractivity contribution in [2.75, 3.05) is 19.8 Å². The summed E-state index contributed by atoms with van der Waals surface area (Å²) in [6.07, 6.45) is 7.81. The van der Waals surface area contributed by atoms with E-state index in [9.17, 15) is 9.59 Å². The van der Waals surface area contributed by atoms with Crippen molar-refractivity contribution < 1.29 is 24.2 Å². The number of carboxylic acid groups (broad SMARTS) is 1. The molecule has 0 spiro atoms. The minimum atomic E-state index is -0.998. The Kier molecular flexibility index (Phi) is 9.35. The smallest absolute Gasteiger partial charge is 0.328 e. The molecule has 0 aliphatic carbocycles. The number of imidazole rings is 1. The van der Waals surface area contributed by atoms with Crippen LogP contribution in [0.15, 0.2) is 109 Å². The third kappa shape index (κ3) is 7.60. The van der Waals surface area contributed by atoms with E-state index in [0.29, 0.717) is 37.1 Å². The highest BCUT2D eigenvalue weighted by Gasteiger charge is 2.18. The zero-order valence-corrected chi connectivity index (χ0v) is 25.1. The molecule has 0 saturated carbocycles. The van der Waals surface area contributed by atoms with Crippen LogP contribution in [-0.4, -0.2) is 46.7 Å². The highest BCUT2D eigenvalue weighted by atomic mass is 16.6. The monoisotopic (exact) mass is 611 g/mol. The average molecular weight is 612 g/mol. The van der Waals surface area contributed by atoms with Crippen molar-refractivity contribution in [2.45, 2.75) is 12.8 Å². The van der Waals surface area contributed by atoms with Gasteiger partial charge in [0.05, 0.1) is 11.4 Å². The number of carboxylic acids is 1. The minimum absolute atomic E-state index is 0.127. The second-order valence-corrected chi connectivity index (χ2v) is 10.8. The first-order valence-electron chi connectivity index (χ1n) is 15.1. The van der Waals surface area contributed by atoms with E-state index in [4.69, 9.17) is 19.6 Å². The van der Waals surface area contributed by atoms with Gasteiger partial charge in [0.1, 0.15) is 19.0 Å². The fourth-order valence-corrected chi connectivity index (χ4v) is 5.18. The molecule has 8 nitrogen and oxygen atoms in total. The van der Waals surface area contributed by atoms with E-state index in [-0.39, 0.29) is 5.91 Å². The van der Waals surface area contributed by atoms with Crippen molar-refractivity contribution in [2.24, 2.45) is 0 Å². The number of rotatable bonds is 11. The molecule has 1 aromatic heterocycles. The zero-order chi connectivity index (χ0) is 31.7. The number of nitrogens with zero attached hydrogens (tertiary/aromatic N) is 1. The Bertz CT molecular complexity index is 1870. The molecule has 1 aliphatic heterocycles. The molecule has 0 radical (unpaired) electrons. The standard InChI is InChI=1S/C38H33N3O5/c42-34(39-22-4-7-26-5-2-1-3-6-26)20-12-27-8-14-29(15-9-27)36-37(30-16-10-28(11-17-30)13-21-35(43)44)41-38(40-36)31-18-19-32-33(25-31)46-24-23-45-32/h1-3,5-6,8-21,25H,4,7,22-24H2,(H,39,42)(H,40,41)(H,43,44)/b20-12+,21-13+. The first-order chi connectivity index (χ1) is 22.5. The maximum Gasteiger partial charge on any atom is 0.328 e. The number of nitrogens with one attached hydrogen (secondary N) is 2. The first-order valence-corrected chi connectivity index (χ1v) is 15.1. The Morgan fingerprint density at radius 3 is 2.15 bits per heavy atom. The van der Waals surface area contributed by atoms with Crippen LogP contribution >= 0.6 is 0 Å². The lowest BCUT2D eigenvalue weighted by Crippen LogP contribution is -2.22. The topological polar surface area (TPSA) is 114 Å². The summed E-state index contributed by atoms with van der Waals surface area (Å²) >= 11 is 0. The molecule has 3 N–H and O–H groups in total. The van der Waals surface area contributed by atoms with Crippen molar-refractivity contribution >= 4 is 24.0 Å². The molecule has 1 aliphatic rings. The van der Waals surface area contributed by atoms with Crippen LogP contribution in [0, 0.1) is 0 Å². The van der Waals surface area contributed by atoms with Gasteiger partial charge in [-0.2, -0.15) is 0 Å². The van der Waals surface area contributed by atoms with Gasteiger partial charge >= 0.3 is 5.97 Å². The van der Waals surface area contributed by atoms with Crippen LogP contribution in [0.5, 0.6) is 11.5 Å². The van der Waals surface area contributed by atoms with Gasteiger partial charge < -0.3 is 24.9 Å². The Balaban J connectivity index is 1.20. The van der Waals surface area contributed by atoms with Crippen LogP contribution in [0.1, 0.15) is 23.1 Å². The molecule has 4 aromatic carbocycles. The van der Waals surface area contributed by atoms with Crippen LogP contribution in [0.2, 0.25) is 0 Å². The van der Waals surface area contributed by atoms with Gasteiger partial charge in [0.15, 0.2) is 11.5 Å². The molecule has 0 bridgehead atoms. The highest BCUT2D eigenvalue weighted by Crippen LogP contribution is 2.37. The van der Waals surface area contributed by atoms with Crippen LogP contribution in [0.25, 0.3) is 46.1 Å². The number of aliphatic carboxylic acids is 1. The second-order valence-electron chi connectivity index (χ2n) is 10.8. The van der Waals surface area contributed by atoms with E-state index < -0.39 is 5.97 Å². The molecule has 0 saturated heterocycles. The highest BCUT2D eigenvalue weighted by molar-refractivity contribution is 5.92. The first kappa shape index (κ1) is 30.1. The van der Waals surface area contributed by atoms with Crippen LogP contribution in [-0.2, 0) is 16.0 Å². The van der Waals surface area contributed by atoms with E-state index in [1.54, 1.807) is 18.2 Å². The fraction of sp³-hybridized carbons (Fsp3) is 0.132. The van der Waals surface area contributed by atoms with E-state index in [1.165, 1.54) is 5.56 Å². The number of H-pyrrole nitrogens is 1. The SMILES string of the molecule is O=C(O)/C=C/c1ccc(-c2[nH]c(-c3ccc4c(c3)OCCO4)nc2-c2ccc(/C=C/C(=O)NCCCc3ccccc3)cc2)cc1. The molecule has 0 unspecified atom stereocenters. The summed E-state index contributed by atoms with van der Waals surface area (Å²) in [6, 6.07) is 31.4. The van der Waals surface area contributed by atoms with Gasteiger partial charge in [-0.25, -0.2) is 9.78 Å². The number of aromatic amines is 1. The zero-order valence-electron chi connectivity index (χ0n) is 25.1. The number of fused-ring (bicyclic) bond motifs is 1. The van der Waals surface area contributed by atoms with E-state index in [2.05, 4.69) is 22.4 Å². The number of hydrogen-bond donors (Lipinski definition) is 3. The summed E-state index contributed by atoms with van der Waals surface area (Å²) in [4.78, 5) is 31.8. The molecule has 46 heavy (non-hydrogen) atoms. The van der Waals surface area contributed by atoms with E-state index >= 15 is 0 Å². The lowest BCUT2D eigenvalue weighted by molar-refractivity contribution is -0.131. The molecular weight excluding hydrogens is 578 g/mol. The summed E-state index contributed by atoms with van der Waals surface area (Å²) in [5, 5.41) is 11.9. The van der Waals surface area contributed by atoms with Crippen molar-refractivity contribution in [1.82, 2.24) is 15.3 Å². The molecule has 2 heterocycles. The van der Waals surface area contributed by atoms with Crippen molar-refractivity contribution in [1.29, 1.82) is 0 Å². The largest absolute Gasteiger partial charge is 0.486 e. The number of carbonyl (C=O) groups excluding carboxylic acids is 1.